The van der Waals surface area contributed by atoms with Crippen LogP contribution in [0, 0.1) is 6.92 Å². The summed E-state index contributed by atoms with van der Waals surface area (Å²) in [7, 11) is 1.98. The molecule has 106 valence electrons. The summed E-state index contributed by atoms with van der Waals surface area (Å²) in [6.45, 7) is 4.23. The Balaban J connectivity index is 2.33. The van der Waals surface area contributed by atoms with Gasteiger partial charge in [-0.3, -0.25) is 0 Å². The zero-order valence-corrected chi connectivity index (χ0v) is 13.7. The average molecular weight is 334 g/mol. The Morgan fingerprint density at radius 1 is 1.15 bits per heavy atom. The van der Waals surface area contributed by atoms with Crippen LogP contribution in [0.5, 0.6) is 11.5 Å². The Hall–Kier alpha value is -1.32. The van der Waals surface area contributed by atoms with E-state index in [0.29, 0.717) is 6.04 Å². The second kappa shape index (κ2) is 6.91. The molecule has 0 bridgehead atoms. The van der Waals surface area contributed by atoms with Gasteiger partial charge in [0.1, 0.15) is 11.5 Å². The minimum absolute atomic E-state index is 0.301. The molecule has 3 heteroatoms. The first-order chi connectivity index (χ1) is 9.65. The topological polar surface area (TPSA) is 21.3 Å². The van der Waals surface area contributed by atoms with E-state index >= 15 is 0 Å². The fourth-order valence-corrected chi connectivity index (χ4v) is 2.82. The van der Waals surface area contributed by atoms with E-state index < -0.39 is 0 Å². The van der Waals surface area contributed by atoms with Crippen LogP contribution in [-0.2, 0) is 0 Å². The largest absolute Gasteiger partial charge is 0.456 e. The number of hydrogen-bond donors (Lipinski definition) is 1. The highest BCUT2D eigenvalue weighted by atomic mass is 79.9. The van der Waals surface area contributed by atoms with E-state index in [9.17, 15) is 0 Å². The number of rotatable bonds is 5. The number of para-hydroxylation sites is 1. The van der Waals surface area contributed by atoms with E-state index in [1.165, 1.54) is 11.1 Å². The number of hydrogen-bond acceptors (Lipinski definition) is 2. The molecule has 1 N–H and O–H groups in total. The Morgan fingerprint density at radius 2 is 1.90 bits per heavy atom. The van der Waals surface area contributed by atoms with Crippen molar-refractivity contribution in [2.75, 3.05) is 7.05 Å². The van der Waals surface area contributed by atoms with Crippen molar-refractivity contribution in [1.29, 1.82) is 0 Å². The zero-order chi connectivity index (χ0) is 14.5. The first-order valence-corrected chi connectivity index (χ1v) is 7.65. The van der Waals surface area contributed by atoms with Gasteiger partial charge in [-0.1, -0.05) is 31.2 Å². The monoisotopic (exact) mass is 333 g/mol. The molecule has 1 unspecified atom stereocenters. The first-order valence-electron chi connectivity index (χ1n) is 6.86. The van der Waals surface area contributed by atoms with Crippen LogP contribution < -0.4 is 10.1 Å². The molecule has 0 aromatic heterocycles. The van der Waals surface area contributed by atoms with E-state index in [-0.39, 0.29) is 0 Å². The summed E-state index contributed by atoms with van der Waals surface area (Å²) in [5.74, 6) is 1.74. The fourth-order valence-electron chi connectivity index (χ4n) is 2.25. The summed E-state index contributed by atoms with van der Waals surface area (Å²) < 4.78 is 7.07. The second-order valence-corrected chi connectivity index (χ2v) is 5.68. The number of aryl methyl sites for hydroxylation is 1. The molecule has 0 radical (unpaired) electrons. The number of ether oxygens (including phenoxy) is 1. The van der Waals surface area contributed by atoms with Gasteiger partial charge < -0.3 is 10.1 Å². The average Bonchev–Trinajstić information content (AvgIpc) is 2.45. The summed E-state index contributed by atoms with van der Waals surface area (Å²) in [4.78, 5) is 0. The van der Waals surface area contributed by atoms with Crippen LogP contribution in [0.1, 0.15) is 30.5 Å². The van der Waals surface area contributed by atoms with Crippen LogP contribution in [0.3, 0.4) is 0 Å². The van der Waals surface area contributed by atoms with E-state index in [4.69, 9.17) is 4.74 Å². The molecule has 2 rings (SSSR count). The van der Waals surface area contributed by atoms with Crippen molar-refractivity contribution >= 4 is 15.9 Å². The lowest BCUT2D eigenvalue weighted by Crippen LogP contribution is -2.15. The minimum Gasteiger partial charge on any atom is -0.456 e. The predicted octanol–water partition coefficient (Wildman–Crippen LogP) is 5.22. The lowest BCUT2D eigenvalue weighted by Gasteiger charge is -2.19. The molecule has 0 saturated heterocycles. The molecular weight excluding hydrogens is 314 g/mol. The van der Waals surface area contributed by atoms with Gasteiger partial charge in [-0.2, -0.15) is 0 Å². The maximum atomic E-state index is 6.09. The van der Waals surface area contributed by atoms with Gasteiger partial charge in [-0.25, -0.2) is 0 Å². The first kappa shape index (κ1) is 15.1. The SMILES string of the molecule is CCC(NC)c1ccccc1Oc1ccc(C)cc1Br. The third-order valence-corrected chi connectivity index (χ3v) is 3.98. The van der Waals surface area contributed by atoms with Gasteiger partial charge in [0.25, 0.3) is 0 Å². The van der Waals surface area contributed by atoms with Gasteiger partial charge >= 0.3 is 0 Å². The molecular formula is C17H20BrNO. The third-order valence-electron chi connectivity index (χ3n) is 3.36. The van der Waals surface area contributed by atoms with Crippen molar-refractivity contribution in [2.45, 2.75) is 26.3 Å². The molecule has 0 aliphatic rings. The zero-order valence-electron chi connectivity index (χ0n) is 12.1. The van der Waals surface area contributed by atoms with Gasteiger partial charge in [-0.05, 0) is 60.1 Å². The van der Waals surface area contributed by atoms with Crippen molar-refractivity contribution < 1.29 is 4.74 Å². The van der Waals surface area contributed by atoms with Crippen LogP contribution in [0.2, 0.25) is 0 Å². The maximum absolute atomic E-state index is 6.09. The van der Waals surface area contributed by atoms with Gasteiger partial charge in [0.15, 0.2) is 0 Å². The van der Waals surface area contributed by atoms with Crippen LogP contribution in [0.15, 0.2) is 46.9 Å². The Bertz CT molecular complexity index is 579. The lowest BCUT2D eigenvalue weighted by molar-refractivity contribution is 0.456. The van der Waals surface area contributed by atoms with E-state index in [1.54, 1.807) is 0 Å². The molecule has 0 aliphatic carbocycles. The Morgan fingerprint density at radius 3 is 2.55 bits per heavy atom. The summed E-state index contributed by atoms with van der Waals surface area (Å²) in [5.41, 5.74) is 2.39. The maximum Gasteiger partial charge on any atom is 0.141 e. The quantitative estimate of drug-likeness (QED) is 0.809. The van der Waals surface area contributed by atoms with Gasteiger partial charge in [0, 0.05) is 11.6 Å². The van der Waals surface area contributed by atoms with Gasteiger partial charge in [0.2, 0.25) is 0 Å². The highest BCUT2D eigenvalue weighted by Crippen LogP contribution is 2.34. The molecule has 2 aromatic carbocycles. The smallest absolute Gasteiger partial charge is 0.141 e. The third kappa shape index (κ3) is 3.41. The van der Waals surface area contributed by atoms with Gasteiger partial charge in [0.05, 0.1) is 4.47 Å². The number of halogens is 1. The van der Waals surface area contributed by atoms with Crippen LogP contribution in [0.4, 0.5) is 0 Å². The normalized spacial score (nSPS) is 12.2. The van der Waals surface area contributed by atoms with Crippen molar-refractivity contribution in [1.82, 2.24) is 5.32 Å². The fraction of sp³-hybridized carbons (Fsp3) is 0.294. The molecule has 20 heavy (non-hydrogen) atoms. The molecule has 2 nitrogen and oxygen atoms in total. The Kier molecular flexibility index (Phi) is 5.21. The highest BCUT2D eigenvalue weighted by Gasteiger charge is 2.13. The summed E-state index contributed by atoms with van der Waals surface area (Å²) in [5, 5.41) is 3.33. The van der Waals surface area contributed by atoms with Crippen molar-refractivity contribution in [3.63, 3.8) is 0 Å². The molecule has 0 spiro atoms. The summed E-state index contributed by atoms with van der Waals surface area (Å²) >= 11 is 3.56. The molecule has 0 fully saturated rings. The standard InChI is InChI=1S/C17H20BrNO/c1-4-15(19-3)13-7-5-6-8-16(13)20-17-10-9-12(2)11-14(17)18/h5-11,15,19H,4H2,1-3H3. The number of benzene rings is 2. The minimum atomic E-state index is 0.301. The molecule has 1 atom stereocenters. The van der Waals surface area contributed by atoms with Crippen molar-refractivity contribution in [2.24, 2.45) is 0 Å². The summed E-state index contributed by atoms with van der Waals surface area (Å²) in [6.07, 6.45) is 1.02. The molecule has 2 aromatic rings. The van der Waals surface area contributed by atoms with Crippen molar-refractivity contribution in [3.05, 3.63) is 58.1 Å². The van der Waals surface area contributed by atoms with Crippen LogP contribution >= 0.6 is 15.9 Å². The predicted molar refractivity (Wildman–Crippen MR) is 87.5 cm³/mol. The second-order valence-electron chi connectivity index (χ2n) is 4.82. The van der Waals surface area contributed by atoms with Gasteiger partial charge in [-0.15, -0.1) is 0 Å². The molecule has 0 saturated carbocycles. The van der Waals surface area contributed by atoms with E-state index in [2.05, 4.69) is 53.3 Å². The van der Waals surface area contributed by atoms with E-state index in [1.807, 2.05) is 31.3 Å². The number of nitrogens with one attached hydrogen (secondary N) is 1. The molecule has 0 amide bonds. The van der Waals surface area contributed by atoms with Crippen LogP contribution in [0.25, 0.3) is 0 Å². The summed E-state index contributed by atoms with van der Waals surface area (Å²) in [6, 6.07) is 14.6. The lowest BCUT2D eigenvalue weighted by atomic mass is 10.0. The highest BCUT2D eigenvalue weighted by molar-refractivity contribution is 9.10. The Labute approximate surface area is 129 Å². The van der Waals surface area contributed by atoms with Crippen LogP contribution in [-0.4, -0.2) is 7.05 Å². The van der Waals surface area contributed by atoms with Crippen molar-refractivity contribution in [3.8, 4) is 11.5 Å². The molecule has 0 aliphatic heterocycles. The molecule has 0 heterocycles. The van der Waals surface area contributed by atoms with E-state index in [0.717, 1.165) is 22.4 Å².